The van der Waals surface area contributed by atoms with E-state index in [2.05, 4.69) is 10.0 Å². The van der Waals surface area contributed by atoms with Crippen molar-refractivity contribution < 1.29 is 26.0 Å². The number of anilines is 1. The minimum atomic E-state index is -4.37. The molecule has 0 aliphatic carbocycles. The largest absolute Gasteiger partial charge is 0.416 e. The number of sulfonamides is 1. The fourth-order valence-electron chi connectivity index (χ4n) is 3.06. The van der Waals surface area contributed by atoms with Crippen LogP contribution in [0.25, 0.3) is 6.08 Å². The maximum atomic E-state index is 14.1. The minimum Gasteiger partial charge on any atom is -0.307 e. The van der Waals surface area contributed by atoms with Gasteiger partial charge in [-0.2, -0.15) is 13.2 Å². The van der Waals surface area contributed by atoms with E-state index in [1.165, 1.54) is 24.3 Å². The van der Waals surface area contributed by atoms with Crippen LogP contribution in [0, 0.1) is 5.82 Å². The Morgan fingerprint density at radius 2 is 1.84 bits per heavy atom. The lowest BCUT2D eigenvalue weighted by Crippen LogP contribution is -2.19. The van der Waals surface area contributed by atoms with Crippen molar-refractivity contribution in [3.63, 3.8) is 0 Å². The number of halogens is 4. The number of alkyl halides is 3. The van der Waals surface area contributed by atoms with E-state index in [9.17, 15) is 26.0 Å². The molecular weight excluding hydrogens is 432 g/mol. The van der Waals surface area contributed by atoms with Gasteiger partial charge in [-0.15, -0.1) is 0 Å². The highest BCUT2D eigenvalue weighted by atomic mass is 32.2. The molecule has 0 aromatic heterocycles. The highest BCUT2D eigenvalue weighted by molar-refractivity contribution is 7.92. The molecule has 2 aromatic rings. The molecule has 0 aliphatic heterocycles. The molecule has 9 heteroatoms. The summed E-state index contributed by atoms with van der Waals surface area (Å²) in [4.78, 5) is 0. The summed E-state index contributed by atoms with van der Waals surface area (Å²) in [5, 5.41) is 3.18. The predicted molar refractivity (Wildman–Crippen MR) is 116 cm³/mol. The zero-order chi connectivity index (χ0) is 23.2. The van der Waals surface area contributed by atoms with Crippen LogP contribution < -0.4 is 10.0 Å². The Morgan fingerprint density at radius 3 is 2.42 bits per heavy atom. The van der Waals surface area contributed by atoms with Crippen molar-refractivity contribution in [1.82, 2.24) is 5.32 Å². The minimum absolute atomic E-state index is 0.121. The molecule has 0 bridgehead atoms. The van der Waals surface area contributed by atoms with E-state index in [1.54, 1.807) is 18.2 Å². The van der Waals surface area contributed by atoms with Gasteiger partial charge in [-0.25, -0.2) is 12.8 Å². The second-order valence-corrected chi connectivity index (χ2v) is 9.06. The van der Waals surface area contributed by atoms with Gasteiger partial charge in [-0.05, 0) is 54.3 Å². The van der Waals surface area contributed by atoms with E-state index in [1.807, 2.05) is 13.8 Å². The zero-order valence-electron chi connectivity index (χ0n) is 17.6. The van der Waals surface area contributed by atoms with Gasteiger partial charge in [0.1, 0.15) is 5.82 Å². The second kappa shape index (κ2) is 10.3. The molecule has 0 aliphatic rings. The van der Waals surface area contributed by atoms with Crippen molar-refractivity contribution >= 4 is 21.8 Å². The fraction of sp³-hybridized carbons (Fsp3) is 0.364. The van der Waals surface area contributed by atoms with Crippen molar-refractivity contribution in [2.45, 2.75) is 38.9 Å². The molecule has 4 nitrogen and oxygen atoms in total. The maximum absolute atomic E-state index is 14.1. The molecule has 0 heterocycles. The average Bonchev–Trinajstić information content (AvgIpc) is 2.66. The Balaban J connectivity index is 2.03. The quantitative estimate of drug-likeness (QED) is 0.486. The molecule has 0 fully saturated rings. The summed E-state index contributed by atoms with van der Waals surface area (Å²) in [5.74, 6) is -0.680. The predicted octanol–water partition coefficient (Wildman–Crippen LogP) is 5.53. The number of rotatable bonds is 9. The van der Waals surface area contributed by atoms with Gasteiger partial charge >= 0.3 is 6.18 Å². The Kier molecular flexibility index (Phi) is 8.25. The maximum Gasteiger partial charge on any atom is 0.416 e. The highest BCUT2D eigenvalue weighted by Crippen LogP contribution is 2.31. The number of benzene rings is 2. The monoisotopic (exact) mass is 458 g/mol. The normalized spacial score (nSPS) is 13.5. The van der Waals surface area contributed by atoms with Gasteiger partial charge in [-0.1, -0.05) is 37.6 Å². The first kappa shape index (κ1) is 24.9. The summed E-state index contributed by atoms with van der Waals surface area (Å²) in [6, 6.07) is 7.74. The summed E-state index contributed by atoms with van der Waals surface area (Å²) >= 11 is 0. The van der Waals surface area contributed by atoms with Crippen molar-refractivity contribution in [1.29, 1.82) is 0 Å². The number of hydrogen-bond donors (Lipinski definition) is 2. The van der Waals surface area contributed by atoms with E-state index in [-0.39, 0.29) is 11.7 Å². The first-order chi connectivity index (χ1) is 14.4. The number of nitrogens with one attached hydrogen (secondary N) is 2. The van der Waals surface area contributed by atoms with Gasteiger partial charge < -0.3 is 5.32 Å². The van der Waals surface area contributed by atoms with E-state index >= 15 is 0 Å². The molecule has 0 saturated carbocycles. The Labute approximate surface area is 180 Å². The van der Waals surface area contributed by atoms with Crippen molar-refractivity contribution in [2.75, 3.05) is 17.5 Å². The molecule has 2 aromatic carbocycles. The van der Waals surface area contributed by atoms with Gasteiger partial charge in [-0.3, -0.25) is 4.72 Å². The van der Waals surface area contributed by atoms with Gasteiger partial charge in [0.25, 0.3) is 0 Å². The first-order valence-electron chi connectivity index (χ1n) is 9.78. The molecule has 170 valence electrons. The van der Waals surface area contributed by atoms with Gasteiger partial charge in [0.2, 0.25) is 10.0 Å². The lowest BCUT2D eigenvalue weighted by Gasteiger charge is -2.15. The highest BCUT2D eigenvalue weighted by Gasteiger charge is 2.30. The summed E-state index contributed by atoms with van der Waals surface area (Å²) in [6.07, 6.45) is 1.41. The molecular formula is C22H26F4N2O2S. The molecule has 1 unspecified atom stereocenters. The summed E-state index contributed by atoms with van der Waals surface area (Å²) in [6.45, 7) is 4.15. The van der Waals surface area contributed by atoms with Crippen molar-refractivity contribution in [3.05, 3.63) is 70.5 Å². The topological polar surface area (TPSA) is 58.2 Å². The smallest absolute Gasteiger partial charge is 0.307 e. The van der Waals surface area contributed by atoms with E-state index in [0.29, 0.717) is 24.1 Å². The van der Waals surface area contributed by atoms with Crippen molar-refractivity contribution in [3.8, 4) is 0 Å². The third-order valence-electron chi connectivity index (χ3n) is 4.62. The molecule has 1 atom stereocenters. The lowest BCUT2D eigenvalue weighted by molar-refractivity contribution is -0.137. The van der Waals surface area contributed by atoms with Crippen LogP contribution in [-0.2, 0) is 22.6 Å². The Morgan fingerprint density at radius 1 is 1.13 bits per heavy atom. The van der Waals surface area contributed by atoms with Gasteiger partial charge in [0.15, 0.2) is 0 Å². The summed E-state index contributed by atoms with van der Waals surface area (Å²) in [5.41, 5.74) is 1.22. The van der Waals surface area contributed by atoms with Crippen LogP contribution in [0.4, 0.5) is 23.2 Å². The van der Waals surface area contributed by atoms with Gasteiger partial charge in [0.05, 0.1) is 17.5 Å². The fourth-order valence-corrected chi connectivity index (χ4v) is 3.63. The van der Waals surface area contributed by atoms with Gasteiger partial charge in [0, 0.05) is 12.6 Å². The van der Waals surface area contributed by atoms with Crippen LogP contribution in [0.15, 0.2) is 42.5 Å². The SMILES string of the molecule is CCCc1cc(C(F)(F)F)ccc1C=CCNC(C)c1ccc(NS(C)(=O)=O)c(F)c1. The molecule has 2 rings (SSSR count). The Hall–Kier alpha value is -2.39. The summed E-state index contributed by atoms with van der Waals surface area (Å²) < 4.78 is 77.6. The first-order valence-corrected chi connectivity index (χ1v) is 11.7. The zero-order valence-corrected chi connectivity index (χ0v) is 18.4. The van der Waals surface area contributed by atoms with Crippen molar-refractivity contribution in [2.24, 2.45) is 0 Å². The van der Waals surface area contributed by atoms with Crippen LogP contribution in [-0.4, -0.2) is 21.2 Å². The molecule has 2 N–H and O–H groups in total. The number of aryl methyl sites for hydroxylation is 1. The average molecular weight is 459 g/mol. The van der Waals surface area contributed by atoms with E-state index in [4.69, 9.17) is 0 Å². The standard InChI is InChI=1S/C22H26F4N2O2S/c1-4-6-18-13-19(22(24,25)26)10-8-16(18)7-5-12-27-15(2)17-9-11-21(20(23)14-17)28-31(3,29)30/h5,7-11,13-15,27-28H,4,6,12H2,1-3H3. The third kappa shape index (κ3) is 7.66. The van der Waals surface area contributed by atoms with Crippen LogP contribution >= 0.6 is 0 Å². The molecule has 0 saturated heterocycles. The van der Waals surface area contributed by atoms with Crippen LogP contribution in [0.3, 0.4) is 0 Å². The van der Waals surface area contributed by atoms with Crippen LogP contribution in [0.2, 0.25) is 0 Å². The molecule has 0 spiro atoms. The van der Waals surface area contributed by atoms with Crippen LogP contribution in [0.5, 0.6) is 0 Å². The van der Waals surface area contributed by atoms with Crippen LogP contribution in [0.1, 0.15) is 48.6 Å². The van der Waals surface area contributed by atoms with E-state index in [0.717, 1.165) is 24.3 Å². The lowest BCUT2D eigenvalue weighted by atomic mass is 9.99. The Bertz CT molecular complexity index is 1030. The molecule has 31 heavy (non-hydrogen) atoms. The molecule has 0 radical (unpaired) electrons. The second-order valence-electron chi connectivity index (χ2n) is 7.31. The van der Waals surface area contributed by atoms with E-state index < -0.39 is 27.6 Å². The number of hydrogen-bond acceptors (Lipinski definition) is 3. The molecule has 0 amide bonds. The summed E-state index contributed by atoms with van der Waals surface area (Å²) in [7, 11) is -3.57. The third-order valence-corrected chi connectivity index (χ3v) is 5.21.